The molecular weight excluding hydrogens is 348 g/mol. The number of phenols is 1. The predicted molar refractivity (Wildman–Crippen MR) is 90.8 cm³/mol. The van der Waals surface area contributed by atoms with E-state index in [0.29, 0.717) is 21.7 Å². The van der Waals surface area contributed by atoms with Crippen LogP contribution in [0.2, 0.25) is 0 Å². The monoisotopic (exact) mass is 364 g/mol. The van der Waals surface area contributed by atoms with Gasteiger partial charge in [0.2, 0.25) is 0 Å². The van der Waals surface area contributed by atoms with Gasteiger partial charge in [0.1, 0.15) is 23.0 Å². The van der Waals surface area contributed by atoms with Gasteiger partial charge >= 0.3 is 0 Å². The fourth-order valence-electron chi connectivity index (χ4n) is 1.96. The molecule has 0 bridgehead atoms. The molecular formula is C17H17BrO4. The first-order valence-corrected chi connectivity index (χ1v) is 7.34. The lowest BCUT2D eigenvalue weighted by atomic mass is 10.1. The van der Waals surface area contributed by atoms with Gasteiger partial charge in [-0.15, -0.1) is 0 Å². The summed E-state index contributed by atoms with van der Waals surface area (Å²) in [7, 11) is 4.78. The van der Waals surface area contributed by atoms with Crippen LogP contribution >= 0.6 is 15.9 Å². The van der Waals surface area contributed by atoms with Crippen molar-refractivity contribution in [2.45, 2.75) is 0 Å². The van der Waals surface area contributed by atoms with Crippen LogP contribution in [-0.2, 0) is 0 Å². The molecule has 0 amide bonds. The fourth-order valence-corrected chi connectivity index (χ4v) is 2.32. The van der Waals surface area contributed by atoms with Crippen molar-refractivity contribution < 1.29 is 19.3 Å². The Bertz CT molecular complexity index is 673. The van der Waals surface area contributed by atoms with Gasteiger partial charge in [-0.3, -0.25) is 0 Å². The van der Waals surface area contributed by atoms with Crippen molar-refractivity contribution in [1.82, 2.24) is 0 Å². The maximum atomic E-state index is 9.87. The molecule has 0 aliphatic heterocycles. The van der Waals surface area contributed by atoms with Gasteiger partial charge in [-0.05, 0) is 45.3 Å². The Balaban J connectivity index is 2.38. The van der Waals surface area contributed by atoms with E-state index in [1.54, 1.807) is 27.4 Å². The van der Waals surface area contributed by atoms with Gasteiger partial charge < -0.3 is 19.3 Å². The third kappa shape index (κ3) is 3.74. The smallest absolute Gasteiger partial charge is 0.134 e. The van der Waals surface area contributed by atoms with Crippen molar-refractivity contribution in [1.29, 1.82) is 0 Å². The largest absolute Gasteiger partial charge is 0.507 e. The van der Waals surface area contributed by atoms with E-state index in [0.717, 1.165) is 11.1 Å². The Labute approximate surface area is 138 Å². The van der Waals surface area contributed by atoms with Crippen LogP contribution in [0.25, 0.3) is 12.2 Å². The van der Waals surface area contributed by atoms with Crippen LogP contribution in [0.4, 0.5) is 0 Å². The van der Waals surface area contributed by atoms with Crippen molar-refractivity contribution in [3.05, 3.63) is 45.9 Å². The Hall–Kier alpha value is -2.14. The molecule has 0 aliphatic carbocycles. The van der Waals surface area contributed by atoms with E-state index in [1.165, 1.54) is 0 Å². The van der Waals surface area contributed by atoms with Crippen LogP contribution in [-0.4, -0.2) is 26.4 Å². The second-order valence-electron chi connectivity index (χ2n) is 4.53. The number of methoxy groups -OCH3 is 3. The Morgan fingerprint density at radius 3 is 1.91 bits per heavy atom. The Kier molecular flexibility index (Phi) is 5.33. The lowest BCUT2D eigenvalue weighted by Gasteiger charge is -2.07. The van der Waals surface area contributed by atoms with Gasteiger partial charge in [-0.1, -0.05) is 12.2 Å². The molecule has 2 aromatic carbocycles. The highest BCUT2D eigenvalue weighted by Gasteiger charge is 2.06. The average Bonchev–Trinajstić information content (AvgIpc) is 2.55. The Morgan fingerprint density at radius 1 is 0.818 bits per heavy atom. The topological polar surface area (TPSA) is 47.9 Å². The second kappa shape index (κ2) is 7.22. The highest BCUT2D eigenvalue weighted by atomic mass is 79.9. The molecule has 0 aliphatic rings. The molecule has 0 saturated carbocycles. The molecule has 0 aromatic heterocycles. The molecule has 0 fully saturated rings. The summed E-state index contributed by atoms with van der Waals surface area (Å²) in [6, 6.07) is 8.98. The van der Waals surface area contributed by atoms with E-state index in [1.807, 2.05) is 36.4 Å². The van der Waals surface area contributed by atoms with E-state index in [9.17, 15) is 5.11 Å². The summed E-state index contributed by atoms with van der Waals surface area (Å²) in [5.74, 6) is 2.14. The normalized spacial score (nSPS) is 10.7. The molecule has 2 aromatic rings. The molecule has 116 valence electrons. The van der Waals surface area contributed by atoms with E-state index in [-0.39, 0.29) is 5.75 Å². The fraction of sp³-hybridized carbons (Fsp3) is 0.176. The first-order chi connectivity index (χ1) is 10.6. The maximum absolute atomic E-state index is 9.87. The van der Waals surface area contributed by atoms with Crippen molar-refractivity contribution in [2.24, 2.45) is 0 Å². The van der Waals surface area contributed by atoms with E-state index >= 15 is 0 Å². The van der Waals surface area contributed by atoms with Crippen molar-refractivity contribution in [3.8, 4) is 23.0 Å². The van der Waals surface area contributed by atoms with Crippen LogP contribution < -0.4 is 14.2 Å². The number of hydrogen-bond donors (Lipinski definition) is 1. The first-order valence-electron chi connectivity index (χ1n) is 6.55. The number of aromatic hydroxyl groups is 1. The lowest BCUT2D eigenvalue weighted by Crippen LogP contribution is -1.88. The van der Waals surface area contributed by atoms with Crippen molar-refractivity contribution in [3.63, 3.8) is 0 Å². The van der Waals surface area contributed by atoms with Crippen molar-refractivity contribution >= 4 is 28.1 Å². The third-order valence-electron chi connectivity index (χ3n) is 3.12. The van der Waals surface area contributed by atoms with E-state index in [4.69, 9.17) is 14.2 Å². The number of halogens is 1. The number of ether oxygens (including phenoxy) is 3. The molecule has 5 heteroatoms. The van der Waals surface area contributed by atoms with Gasteiger partial charge in [0, 0.05) is 12.1 Å². The molecule has 0 heterocycles. The lowest BCUT2D eigenvalue weighted by molar-refractivity contribution is 0.394. The molecule has 0 unspecified atom stereocenters. The minimum atomic E-state index is 0.127. The first kappa shape index (κ1) is 16.2. The zero-order valence-corrected chi connectivity index (χ0v) is 14.2. The number of rotatable bonds is 5. The Morgan fingerprint density at radius 2 is 1.36 bits per heavy atom. The third-order valence-corrected chi connectivity index (χ3v) is 3.98. The van der Waals surface area contributed by atoms with Gasteiger partial charge in [0.05, 0.1) is 25.8 Å². The zero-order valence-electron chi connectivity index (χ0n) is 12.6. The van der Waals surface area contributed by atoms with Crippen LogP contribution in [0.3, 0.4) is 0 Å². The molecule has 2 rings (SSSR count). The molecule has 1 N–H and O–H groups in total. The summed E-state index contributed by atoms with van der Waals surface area (Å²) in [4.78, 5) is 0. The standard InChI is InChI=1S/C17H17BrO4/c1-20-13-6-11(7-14(9-13)21-2)4-5-12-8-15(22-3)10-16(19)17(12)18/h4-10,19H,1-3H3/b5-4+. The molecule has 22 heavy (non-hydrogen) atoms. The zero-order chi connectivity index (χ0) is 16.1. The summed E-state index contributed by atoms with van der Waals surface area (Å²) in [6.45, 7) is 0. The second-order valence-corrected chi connectivity index (χ2v) is 5.32. The summed E-state index contributed by atoms with van der Waals surface area (Å²) in [5.41, 5.74) is 1.73. The summed E-state index contributed by atoms with van der Waals surface area (Å²) < 4.78 is 16.3. The van der Waals surface area contributed by atoms with Crippen LogP contribution in [0.5, 0.6) is 23.0 Å². The average molecular weight is 365 g/mol. The summed E-state index contributed by atoms with van der Waals surface area (Å²) in [6.07, 6.45) is 3.78. The van der Waals surface area contributed by atoms with E-state index < -0.39 is 0 Å². The van der Waals surface area contributed by atoms with Gasteiger partial charge in [-0.25, -0.2) is 0 Å². The van der Waals surface area contributed by atoms with Crippen LogP contribution in [0, 0.1) is 0 Å². The van der Waals surface area contributed by atoms with E-state index in [2.05, 4.69) is 15.9 Å². The molecule has 0 atom stereocenters. The van der Waals surface area contributed by atoms with Gasteiger partial charge in [0.15, 0.2) is 0 Å². The minimum absolute atomic E-state index is 0.127. The number of hydrogen-bond acceptors (Lipinski definition) is 4. The SMILES string of the molecule is COc1cc(/C=C/c2cc(OC)cc(O)c2Br)cc(OC)c1. The molecule has 0 spiro atoms. The van der Waals surface area contributed by atoms with Gasteiger partial charge in [-0.2, -0.15) is 0 Å². The highest BCUT2D eigenvalue weighted by Crippen LogP contribution is 2.34. The minimum Gasteiger partial charge on any atom is -0.507 e. The van der Waals surface area contributed by atoms with Crippen LogP contribution in [0.15, 0.2) is 34.8 Å². The quantitative estimate of drug-likeness (QED) is 0.801. The van der Waals surface area contributed by atoms with Crippen molar-refractivity contribution in [2.75, 3.05) is 21.3 Å². The molecule has 0 radical (unpaired) electrons. The number of benzene rings is 2. The van der Waals surface area contributed by atoms with Crippen LogP contribution in [0.1, 0.15) is 11.1 Å². The summed E-state index contributed by atoms with van der Waals surface area (Å²) in [5, 5.41) is 9.87. The molecule has 4 nitrogen and oxygen atoms in total. The maximum Gasteiger partial charge on any atom is 0.134 e. The highest BCUT2D eigenvalue weighted by molar-refractivity contribution is 9.10. The number of phenolic OH excluding ortho intramolecular Hbond substituents is 1. The predicted octanol–water partition coefficient (Wildman–Crippen LogP) is 4.35. The summed E-state index contributed by atoms with van der Waals surface area (Å²) >= 11 is 3.37. The molecule has 0 saturated heterocycles. The van der Waals surface area contributed by atoms with Gasteiger partial charge in [0.25, 0.3) is 0 Å².